The smallest absolute Gasteiger partial charge is 0.307 e. The predicted octanol–water partition coefficient (Wildman–Crippen LogP) is 4.20. The summed E-state index contributed by atoms with van der Waals surface area (Å²) in [6.45, 7) is 9.32. The van der Waals surface area contributed by atoms with E-state index in [1.807, 2.05) is 0 Å². The van der Waals surface area contributed by atoms with Crippen LogP contribution in [0.3, 0.4) is 0 Å². The monoisotopic (exact) mass is 361 g/mol. The van der Waals surface area contributed by atoms with E-state index in [1.165, 1.54) is 32.1 Å². The zero-order valence-electron chi connectivity index (χ0n) is 16.1. The van der Waals surface area contributed by atoms with Crippen molar-refractivity contribution in [2.75, 3.05) is 6.61 Å². The molecule has 0 aromatic carbocycles. The number of hydrogen-bond donors (Lipinski definition) is 1. The second-order valence-corrected chi connectivity index (χ2v) is 10.4. The van der Waals surface area contributed by atoms with Crippen LogP contribution in [0.1, 0.15) is 52.4 Å². The van der Waals surface area contributed by atoms with Crippen molar-refractivity contribution < 1.29 is 19.7 Å². The van der Waals surface area contributed by atoms with Crippen LogP contribution < -0.4 is 0 Å². The van der Waals surface area contributed by atoms with Crippen molar-refractivity contribution in [1.82, 2.24) is 0 Å². The highest BCUT2D eigenvalue weighted by Crippen LogP contribution is 2.61. The molecule has 0 amide bonds. The van der Waals surface area contributed by atoms with Crippen molar-refractivity contribution in [3.8, 4) is 0 Å². The first-order valence-corrected chi connectivity index (χ1v) is 10.8. The first-order chi connectivity index (χ1) is 12.4. The number of esters is 1. The van der Waals surface area contributed by atoms with Gasteiger partial charge in [-0.15, -0.1) is 0 Å². The minimum atomic E-state index is -0.508. The molecule has 6 bridgehead atoms. The summed E-state index contributed by atoms with van der Waals surface area (Å²) in [4.78, 5) is 17.9. The maximum atomic E-state index is 13.4. The molecule has 6 unspecified atom stereocenters. The van der Waals surface area contributed by atoms with Crippen molar-refractivity contribution in [2.45, 2.75) is 58.0 Å². The molecule has 0 spiro atoms. The molecule has 26 heavy (non-hydrogen) atoms. The van der Waals surface area contributed by atoms with Crippen molar-refractivity contribution >= 4 is 5.97 Å². The third-order valence-corrected chi connectivity index (χ3v) is 9.55. The number of carbonyl (C=O) groups excluding carboxylic acids is 1. The van der Waals surface area contributed by atoms with Crippen molar-refractivity contribution in [3.05, 3.63) is 6.92 Å². The van der Waals surface area contributed by atoms with E-state index >= 15 is 0 Å². The van der Waals surface area contributed by atoms with Crippen LogP contribution in [0.25, 0.3) is 0 Å². The molecular formula is C22H33O4-. The van der Waals surface area contributed by atoms with Crippen LogP contribution in [0.15, 0.2) is 0 Å². The minimum absolute atomic E-state index is 0.0548. The van der Waals surface area contributed by atoms with Gasteiger partial charge in [0.1, 0.15) is 0 Å². The molecule has 0 radical (unpaired) electrons. The zero-order chi connectivity index (χ0) is 18.2. The van der Waals surface area contributed by atoms with Gasteiger partial charge in [-0.1, -0.05) is 13.8 Å². The van der Waals surface area contributed by atoms with Crippen molar-refractivity contribution in [1.29, 1.82) is 0 Å². The van der Waals surface area contributed by atoms with Crippen LogP contribution in [0.2, 0.25) is 0 Å². The molecule has 0 aromatic rings. The van der Waals surface area contributed by atoms with E-state index in [1.54, 1.807) is 0 Å². The molecule has 0 heterocycles. The van der Waals surface area contributed by atoms with Crippen LogP contribution in [0.4, 0.5) is 0 Å². The van der Waals surface area contributed by atoms with Gasteiger partial charge in [0.15, 0.2) is 0 Å². The molecule has 0 saturated heterocycles. The molecule has 6 rings (SSSR count). The fraction of sp³-hybridized carbons (Fsp3) is 0.909. The zero-order valence-corrected chi connectivity index (χ0v) is 16.1. The number of rotatable bonds is 4. The lowest BCUT2D eigenvalue weighted by Crippen LogP contribution is -2.59. The highest BCUT2D eigenvalue weighted by molar-refractivity contribution is 5.75. The number of fused-ring (bicyclic) bond motifs is 2. The summed E-state index contributed by atoms with van der Waals surface area (Å²) in [6.07, 6.45) is 7.22. The summed E-state index contributed by atoms with van der Waals surface area (Å²) in [7, 11) is 0. The molecule has 146 valence electrons. The van der Waals surface area contributed by atoms with Gasteiger partial charge in [-0.25, -0.2) is 4.89 Å². The summed E-state index contributed by atoms with van der Waals surface area (Å²) in [6, 6.07) is 0. The van der Waals surface area contributed by atoms with Gasteiger partial charge >= 0.3 is 5.97 Å². The van der Waals surface area contributed by atoms with Crippen molar-refractivity contribution in [3.63, 3.8) is 0 Å². The Hall–Kier alpha value is -0.610. The Labute approximate surface area is 156 Å². The Bertz CT molecular complexity index is 559. The predicted molar refractivity (Wildman–Crippen MR) is 96.7 cm³/mol. The second-order valence-electron chi connectivity index (χ2n) is 10.4. The van der Waals surface area contributed by atoms with Gasteiger partial charge in [-0.05, 0) is 91.5 Å². The van der Waals surface area contributed by atoms with Crippen LogP contribution >= 0.6 is 0 Å². The Morgan fingerprint density at radius 3 is 2.15 bits per heavy atom. The highest BCUT2D eigenvalue weighted by Gasteiger charge is 2.59. The minimum Gasteiger partial charge on any atom is -0.491 e. The number of ether oxygens (including phenoxy) is 1. The Kier molecular flexibility index (Phi) is 4.00. The summed E-state index contributed by atoms with van der Waals surface area (Å²) in [5, 5.41) is 9.08. The van der Waals surface area contributed by atoms with E-state index in [-0.39, 0.29) is 24.4 Å². The summed E-state index contributed by atoms with van der Waals surface area (Å²) >= 11 is 0. The molecule has 4 heteroatoms. The molecule has 1 N–H and O–H groups in total. The largest absolute Gasteiger partial charge is 0.491 e. The maximum Gasteiger partial charge on any atom is 0.307 e. The Morgan fingerprint density at radius 1 is 1.00 bits per heavy atom. The molecule has 4 nitrogen and oxygen atoms in total. The third-order valence-electron chi connectivity index (χ3n) is 9.55. The van der Waals surface area contributed by atoms with E-state index < -0.39 is 5.60 Å². The molecular weight excluding hydrogens is 328 g/mol. The summed E-state index contributed by atoms with van der Waals surface area (Å²) < 4.78 is 6.32. The summed E-state index contributed by atoms with van der Waals surface area (Å²) in [5.41, 5.74) is -0.508. The van der Waals surface area contributed by atoms with Crippen molar-refractivity contribution in [2.24, 2.45) is 59.2 Å². The van der Waals surface area contributed by atoms with Crippen LogP contribution in [0.5, 0.6) is 0 Å². The van der Waals surface area contributed by atoms with E-state index in [9.17, 15) is 4.79 Å². The van der Waals surface area contributed by atoms with E-state index in [2.05, 4.69) is 25.7 Å². The number of carbonyl (C=O) groups is 1. The SMILES string of the molecule is [CH2-]C1(OC(=O)C2C3CC(C(C)C3C)C2COO)C2CC3CC(C2)CC1C3. The van der Waals surface area contributed by atoms with Gasteiger partial charge in [-0.3, -0.25) is 17.0 Å². The molecule has 0 aromatic heterocycles. The first kappa shape index (κ1) is 17.5. The van der Waals surface area contributed by atoms with E-state index in [0.717, 1.165) is 18.3 Å². The van der Waals surface area contributed by atoms with Gasteiger partial charge in [-0.2, -0.15) is 0 Å². The Balaban J connectivity index is 1.36. The lowest BCUT2D eigenvalue weighted by Gasteiger charge is -2.63. The van der Waals surface area contributed by atoms with Crippen LogP contribution in [-0.2, 0) is 14.4 Å². The highest BCUT2D eigenvalue weighted by atomic mass is 17.1. The topological polar surface area (TPSA) is 55.8 Å². The second kappa shape index (κ2) is 5.94. The number of hydrogen-bond acceptors (Lipinski definition) is 4. The van der Waals surface area contributed by atoms with E-state index in [4.69, 9.17) is 9.99 Å². The molecule has 6 saturated carbocycles. The third kappa shape index (κ3) is 2.30. The molecule has 6 fully saturated rings. The average molecular weight is 362 g/mol. The van der Waals surface area contributed by atoms with Gasteiger partial charge < -0.3 is 4.74 Å². The van der Waals surface area contributed by atoms with Gasteiger partial charge in [0.2, 0.25) is 0 Å². The molecule has 6 atom stereocenters. The van der Waals surface area contributed by atoms with E-state index in [0.29, 0.717) is 35.5 Å². The average Bonchev–Trinajstić information content (AvgIpc) is 3.09. The van der Waals surface area contributed by atoms with Crippen LogP contribution in [-0.4, -0.2) is 23.4 Å². The molecule has 6 aliphatic rings. The first-order valence-electron chi connectivity index (χ1n) is 10.8. The summed E-state index contributed by atoms with van der Waals surface area (Å²) in [5.74, 6) is 4.41. The quantitative estimate of drug-likeness (QED) is 0.353. The molecule has 0 aliphatic heterocycles. The maximum absolute atomic E-state index is 13.4. The van der Waals surface area contributed by atoms with Crippen LogP contribution in [0, 0.1) is 66.1 Å². The standard InChI is InChI=1S/C22H33O4/c1-11-12(2)18-9-17(11)19(10-25-24)20(18)21(23)26-22(3)15-5-13-4-14(7-15)8-16(22)6-13/h11-20,24H,3-10H2,1-2H3/q-1. The fourth-order valence-electron chi connectivity index (χ4n) is 8.21. The van der Waals surface area contributed by atoms with Gasteiger partial charge in [0.25, 0.3) is 0 Å². The lowest BCUT2D eigenvalue weighted by atomic mass is 9.50. The van der Waals surface area contributed by atoms with Gasteiger partial charge in [0, 0.05) is 5.92 Å². The normalized spacial score (nSPS) is 56.9. The molecule has 6 aliphatic carbocycles. The lowest BCUT2D eigenvalue weighted by molar-refractivity contribution is -0.259. The van der Waals surface area contributed by atoms with Gasteiger partial charge in [0.05, 0.1) is 12.5 Å². The fourth-order valence-corrected chi connectivity index (χ4v) is 8.21. The Morgan fingerprint density at radius 2 is 1.58 bits per heavy atom.